The van der Waals surface area contributed by atoms with Crippen LogP contribution >= 0.6 is 0 Å². The van der Waals surface area contributed by atoms with Gasteiger partial charge in [-0.2, -0.15) is 0 Å². The molecule has 0 unspecified atom stereocenters. The van der Waals surface area contributed by atoms with Crippen LogP contribution in [0.1, 0.15) is 42.0 Å². The van der Waals surface area contributed by atoms with Gasteiger partial charge in [0, 0.05) is 19.5 Å². The molecule has 0 aromatic heterocycles. The Kier molecular flexibility index (Phi) is 11.5. The van der Waals surface area contributed by atoms with Gasteiger partial charge in [-0.15, -0.1) is 0 Å². The van der Waals surface area contributed by atoms with Gasteiger partial charge >= 0.3 is 0 Å². The van der Waals surface area contributed by atoms with Gasteiger partial charge in [0.25, 0.3) is 10.0 Å². The number of halogens is 1. The number of amides is 2. The number of aryl methyl sites for hydroxylation is 2. The normalized spacial score (nSPS) is 11.9. The molecule has 4 aromatic rings. The lowest BCUT2D eigenvalue weighted by atomic mass is 10.0. The van der Waals surface area contributed by atoms with E-state index in [2.05, 4.69) is 5.32 Å². The predicted molar refractivity (Wildman–Crippen MR) is 176 cm³/mol. The van der Waals surface area contributed by atoms with Crippen LogP contribution < -0.4 is 9.62 Å². The van der Waals surface area contributed by atoms with Gasteiger partial charge in [-0.25, -0.2) is 12.8 Å². The molecule has 0 radical (unpaired) electrons. The summed E-state index contributed by atoms with van der Waals surface area (Å²) in [5.74, 6) is -1.42. The molecule has 1 atom stereocenters. The Hall–Kier alpha value is -4.50. The van der Waals surface area contributed by atoms with E-state index in [4.69, 9.17) is 0 Å². The van der Waals surface area contributed by atoms with E-state index in [9.17, 15) is 22.4 Å². The van der Waals surface area contributed by atoms with Crippen molar-refractivity contribution in [3.8, 4) is 0 Å². The molecule has 0 aliphatic heterocycles. The summed E-state index contributed by atoms with van der Waals surface area (Å²) in [4.78, 5) is 29.7. The van der Waals surface area contributed by atoms with Crippen LogP contribution in [0.4, 0.5) is 10.1 Å². The zero-order valence-electron chi connectivity index (χ0n) is 25.9. The third-order valence-corrected chi connectivity index (χ3v) is 9.33. The van der Waals surface area contributed by atoms with Crippen molar-refractivity contribution in [1.29, 1.82) is 0 Å². The van der Waals surface area contributed by atoms with Crippen molar-refractivity contribution in [1.82, 2.24) is 10.2 Å². The van der Waals surface area contributed by atoms with Gasteiger partial charge in [0.2, 0.25) is 11.8 Å². The van der Waals surface area contributed by atoms with Gasteiger partial charge in [-0.1, -0.05) is 91.2 Å². The molecule has 0 spiro atoms. The fraction of sp³-hybridized carbons (Fsp3) is 0.278. The van der Waals surface area contributed by atoms with Crippen molar-refractivity contribution in [3.05, 3.63) is 131 Å². The Balaban J connectivity index is 1.78. The van der Waals surface area contributed by atoms with Crippen molar-refractivity contribution in [2.24, 2.45) is 0 Å². The summed E-state index contributed by atoms with van der Waals surface area (Å²) in [6, 6.07) is 27.4. The Morgan fingerprint density at radius 1 is 0.822 bits per heavy atom. The zero-order valence-corrected chi connectivity index (χ0v) is 26.8. The molecule has 0 saturated heterocycles. The van der Waals surface area contributed by atoms with Crippen LogP contribution in [0.2, 0.25) is 0 Å². The average Bonchev–Trinajstić information content (AvgIpc) is 3.02. The van der Waals surface area contributed by atoms with E-state index in [1.165, 1.54) is 29.2 Å². The number of carbonyl (C=O) groups excluding carboxylic acids is 2. The first-order chi connectivity index (χ1) is 21.6. The topological polar surface area (TPSA) is 86.8 Å². The quantitative estimate of drug-likeness (QED) is 0.169. The summed E-state index contributed by atoms with van der Waals surface area (Å²) in [6.07, 6.45) is 1.90. The standard InChI is InChI=1S/C36H40FN3O4S/c1-4-5-22-38-36(42)34(24-29-11-7-6-8-12-29)39(25-30-13-9-10-28(3)23-30)35(41)26-40(32-18-16-31(37)17-19-32)45(43,44)33-20-14-27(2)15-21-33/h6-21,23,34H,4-5,22,24-26H2,1-3H3,(H,38,42)/t34-/m0/s1. The number of nitrogens with zero attached hydrogens (tertiary/aromatic N) is 2. The number of hydrogen-bond donors (Lipinski definition) is 1. The number of anilines is 1. The second-order valence-corrected chi connectivity index (χ2v) is 13.0. The molecule has 45 heavy (non-hydrogen) atoms. The molecule has 4 aromatic carbocycles. The van der Waals surface area contributed by atoms with Gasteiger partial charge in [0.05, 0.1) is 10.6 Å². The summed E-state index contributed by atoms with van der Waals surface area (Å²) >= 11 is 0. The largest absolute Gasteiger partial charge is 0.354 e. The second kappa shape index (κ2) is 15.5. The van der Waals surface area contributed by atoms with Crippen LogP contribution in [0, 0.1) is 19.7 Å². The minimum absolute atomic E-state index is 0.00592. The monoisotopic (exact) mass is 629 g/mol. The highest BCUT2D eigenvalue weighted by Gasteiger charge is 2.34. The third-order valence-electron chi connectivity index (χ3n) is 7.54. The van der Waals surface area contributed by atoms with E-state index in [0.717, 1.165) is 51.5 Å². The highest BCUT2D eigenvalue weighted by molar-refractivity contribution is 7.92. The molecule has 0 saturated carbocycles. The van der Waals surface area contributed by atoms with E-state index < -0.39 is 34.3 Å². The maximum absolute atomic E-state index is 14.4. The molecule has 9 heteroatoms. The zero-order chi connectivity index (χ0) is 32.4. The number of sulfonamides is 1. The smallest absolute Gasteiger partial charge is 0.264 e. The van der Waals surface area contributed by atoms with Crippen LogP contribution in [0.25, 0.3) is 0 Å². The lowest BCUT2D eigenvalue weighted by molar-refractivity contribution is -0.140. The summed E-state index contributed by atoms with van der Waals surface area (Å²) in [7, 11) is -4.25. The Bertz CT molecular complexity index is 1680. The number of carbonyl (C=O) groups is 2. The van der Waals surface area contributed by atoms with Crippen LogP contribution in [0.15, 0.2) is 108 Å². The van der Waals surface area contributed by atoms with Crippen LogP contribution in [-0.2, 0) is 32.6 Å². The van der Waals surface area contributed by atoms with Gasteiger partial charge in [-0.3, -0.25) is 13.9 Å². The van der Waals surface area contributed by atoms with Crippen LogP contribution in [-0.4, -0.2) is 44.3 Å². The van der Waals surface area contributed by atoms with Crippen LogP contribution in [0.3, 0.4) is 0 Å². The summed E-state index contributed by atoms with van der Waals surface area (Å²) in [5.41, 5.74) is 3.66. The van der Waals surface area contributed by atoms with E-state index >= 15 is 0 Å². The van der Waals surface area contributed by atoms with E-state index in [-0.39, 0.29) is 29.5 Å². The molecule has 2 amide bonds. The maximum Gasteiger partial charge on any atom is 0.264 e. The minimum Gasteiger partial charge on any atom is -0.354 e. The fourth-order valence-electron chi connectivity index (χ4n) is 5.04. The molecule has 236 valence electrons. The average molecular weight is 630 g/mol. The Morgan fingerprint density at radius 2 is 1.49 bits per heavy atom. The van der Waals surface area contributed by atoms with Crippen molar-refractivity contribution in [3.63, 3.8) is 0 Å². The number of rotatable bonds is 14. The highest BCUT2D eigenvalue weighted by Crippen LogP contribution is 2.26. The van der Waals surface area contributed by atoms with Crippen molar-refractivity contribution < 1.29 is 22.4 Å². The summed E-state index contributed by atoms with van der Waals surface area (Å²) in [6.45, 7) is 5.76. The third kappa shape index (κ3) is 9.01. The predicted octanol–water partition coefficient (Wildman–Crippen LogP) is 6.19. The summed E-state index contributed by atoms with van der Waals surface area (Å²) < 4.78 is 43.0. The van der Waals surface area contributed by atoms with Gasteiger partial charge in [0.15, 0.2) is 0 Å². The molecule has 0 fully saturated rings. The van der Waals surface area contributed by atoms with Gasteiger partial charge < -0.3 is 10.2 Å². The lowest BCUT2D eigenvalue weighted by Gasteiger charge is -2.34. The van der Waals surface area contributed by atoms with Gasteiger partial charge in [-0.05, 0) is 67.8 Å². The lowest BCUT2D eigenvalue weighted by Crippen LogP contribution is -2.53. The first-order valence-electron chi connectivity index (χ1n) is 15.1. The van der Waals surface area contributed by atoms with E-state index in [1.54, 1.807) is 12.1 Å². The Morgan fingerprint density at radius 3 is 2.13 bits per heavy atom. The number of unbranched alkanes of at least 4 members (excludes halogenated alkanes) is 1. The maximum atomic E-state index is 14.4. The number of hydrogen-bond acceptors (Lipinski definition) is 4. The second-order valence-electron chi connectivity index (χ2n) is 11.2. The first-order valence-corrected chi connectivity index (χ1v) is 16.5. The molecular formula is C36H40FN3O4S. The first kappa shape index (κ1) is 33.4. The molecule has 0 aliphatic rings. The molecule has 0 aliphatic carbocycles. The molecule has 1 N–H and O–H groups in total. The van der Waals surface area contributed by atoms with Crippen LogP contribution in [0.5, 0.6) is 0 Å². The van der Waals surface area contributed by atoms with Crippen molar-refractivity contribution in [2.45, 2.75) is 57.5 Å². The van der Waals surface area contributed by atoms with Crippen molar-refractivity contribution in [2.75, 3.05) is 17.4 Å². The molecule has 7 nitrogen and oxygen atoms in total. The highest BCUT2D eigenvalue weighted by atomic mass is 32.2. The Labute approximate surface area is 265 Å². The van der Waals surface area contributed by atoms with E-state index in [0.29, 0.717) is 6.54 Å². The molecule has 0 bridgehead atoms. The molecule has 0 heterocycles. The summed E-state index contributed by atoms with van der Waals surface area (Å²) in [5, 5.41) is 2.98. The number of nitrogens with one attached hydrogen (secondary N) is 1. The van der Waals surface area contributed by atoms with E-state index in [1.807, 2.05) is 75.4 Å². The number of benzene rings is 4. The molecule has 4 rings (SSSR count). The minimum atomic E-state index is -4.25. The SMILES string of the molecule is CCCCNC(=O)[C@H](Cc1ccccc1)N(Cc1cccc(C)c1)C(=O)CN(c1ccc(F)cc1)S(=O)(=O)c1ccc(C)cc1. The molecular weight excluding hydrogens is 589 g/mol. The van der Waals surface area contributed by atoms with Gasteiger partial charge in [0.1, 0.15) is 18.4 Å². The fourth-order valence-corrected chi connectivity index (χ4v) is 6.46. The van der Waals surface area contributed by atoms with Crippen molar-refractivity contribution >= 4 is 27.5 Å².